The molecule has 0 aliphatic rings. The van der Waals surface area contributed by atoms with Crippen molar-refractivity contribution >= 4 is 11.4 Å². The van der Waals surface area contributed by atoms with Crippen LogP contribution in [0.2, 0.25) is 0 Å². The summed E-state index contributed by atoms with van der Waals surface area (Å²) >= 11 is 0. The number of aromatic nitrogens is 4. The van der Waals surface area contributed by atoms with E-state index in [2.05, 4.69) is 15.5 Å². The number of fused-ring (bicyclic) bond motifs is 1. The summed E-state index contributed by atoms with van der Waals surface area (Å²) in [5.41, 5.74) is 4.09. The van der Waals surface area contributed by atoms with Gasteiger partial charge in [-0.15, -0.1) is 0 Å². The van der Waals surface area contributed by atoms with Gasteiger partial charge in [0, 0.05) is 18.8 Å². The summed E-state index contributed by atoms with van der Waals surface area (Å²) in [6.07, 6.45) is 1.88. The molecule has 3 aromatic heterocycles. The van der Waals surface area contributed by atoms with Crippen LogP contribution in [-0.4, -0.2) is 25.3 Å². The zero-order chi connectivity index (χ0) is 17.2. The van der Waals surface area contributed by atoms with Crippen LogP contribution in [0.5, 0.6) is 0 Å². The third kappa shape index (κ3) is 3.01. The smallest absolute Gasteiger partial charge is 0.269 e. The van der Waals surface area contributed by atoms with Crippen molar-refractivity contribution in [2.45, 2.75) is 6.54 Å². The van der Waals surface area contributed by atoms with Gasteiger partial charge in [0.05, 0.1) is 23.4 Å². The second-order valence-corrected chi connectivity index (χ2v) is 5.79. The first kappa shape index (κ1) is 15.1. The molecule has 0 radical (unpaired) electrons. The molecule has 3 heterocycles. The molecule has 0 fully saturated rings. The molecule has 0 saturated heterocycles. The Hall–Kier alpha value is -3.41. The molecule has 124 valence electrons. The van der Waals surface area contributed by atoms with E-state index in [0.29, 0.717) is 12.2 Å². The van der Waals surface area contributed by atoms with Crippen molar-refractivity contribution in [1.29, 1.82) is 0 Å². The van der Waals surface area contributed by atoms with Crippen LogP contribution in [0.25, 0.3) is 16.8 Å². The molecule has 0 aliphatic carbocycles. The number of pyridine rings is 1. The first-order valence-electron chi connectivity index (χ1n) is 8.02. The topological polar surface area (TPSA) is 64.2 Å². The van der Waals surface area contributed by atoms with Crippen LogP contribution in [0.3, 0.4) is 0 Å². The van der Waals surface area contributed by atoms with Crippen LogP contribution >= 0.6 is 0 Å². The number of benzene rings is 1. The summed E-state index contributed by atoms with van der Waals surface area (Å²) < 4.78 is 3.39. The van der Waals surface area contributed by atoms with E-state index in [0.717, 1.165) is 22.5 Å². The monoisotopic (exact) mass is 331 g/mol. The summed E-state index contributed by atoms with van der Waals surface area (Å²) in [4.78, 5) is 12.5. The second kappa shape index (κ2) is 6.24. The molecule has 0 unspecified atom stereocenters. The van der Waals surface area contributed by atoms with E-state index in [4.69, 9.17) is 0 Å². The van der Waals surface area contributed by atoms with Crippen molar-refractivity contribution in [3.05, 3.63) is 78.2 Å². The number of hydrogen-bond donors (Lipinski definition) is 1. The summed E-state index contributed by atoms with van der Waals surface area (Å²) in [7, 11) is 1.77. The molecule has 0 spiro atoms. The maximum atomic E-state index is 12.5. The van der Waals surface area contributed by atoms with Crippen molar-refractivity contribution in [2.75, 3.05) is 0 Å². The van der Waals surface area contributed by atoms with Crippen molar-refractivity contribution in [1.82, 2.24) is 24.7 Å². The Labute approximate surface area is 144 Å². The second-order valence-electron chi connectivity index (χ2n) is 5.79. The third-order valence-electron chi connectivity index (χ3n) is 4.03. The van der Waals surface area contributed by atoms with E-state index in [9.17, 15) is 4.79 Å². The predicted octanol–water partition coefficient (Wildman–Crippen LogP) is 2.66. The Morgan fingerprint density at radius 3 is 2.64 bits per heavy atom. The summed E-state index contributed by atoms with van der Waals surface area (Å²) in [6.45, 7) is 0.367. The summed E-state index contributed by atoms with van der Waals surface area (Å²) in [5, 5.41) is 11.8. The standard InChI is InChI=1S/C19H17N5O/c1-23-18(12-17(22-23)14-7-3-2-4-8-14)19(25)20-13-15-11-16-9-5-6-10-24(16)21-15/h2-12H,13H2,1H3,(H,20,25). The molecule has 1 amide bonds. The lowest BCUT2D eigenvalue weighted by Crippen LogP contribution is -2.25. The fraction of sp³-hybridized carbons (Fsp3) is 0.105. The Bertz CT molecular complexity index is 999. The summed E-state index contributed by atoms with van der Waals surface area (Å²) in [5.74, 6) is -0.172. The van der Waals surface area contributed by atoms with Gasteiger partial charge < -0.3 is 5.32 Å². The third-order valence-corrected chi connectivity index (χ3v) is 4.03. The van der Waals surface area contributed by atoms with E-state index in [1.807, 2.05) is 60.8 Å². The molecule has 0 saturated carbocycles. The minimum Gasteiger partial charge on any atom is -0.345 e. The van der Waals surface area contributed by atoms with E-state index < -0.39 is 0 Å². The van der Waals surface area contributed by atoms with Crippen LogP contribution in [0.4, 0.5) is 0 Å². The molecular weight excluding hydrogens is 314 g/mol. The van der Waals surface area contributed by atoms with Gasteiger partial charge in [-0.05, 0) is 24.3 Å². The number of hydrogen-bond acceptors (Lipinski definition) is 3. The Morgan fingerprint density at radius 1 is 1.04 bits per heavy atom. The van der Waals surface area contributed by atoms with Gasteiger partial charge >= 0.3 is 0 Å². The maximum absolute atomic E-state index is 12.5. The van der Waals surface area contributed by atoms with Crippen molar-refractivity contribution in [3.63, 3.8) is 0 Å². The number of amides is 1. The minimum atomic E-state index is -0.172. The van der Waals surface area contributed by atoms with Crippen molar-refractivity contribution in [3.8, 4) is 11.3 Å². The average molecular weight is 331 g/mol. The van der Waals surface area contributed by atoms with Crippen LogP contribution in [0.15, 0.2) is 66.9 Å². The molecule has 4 rings (SSSR count). The number of carbonyl (C=O) groups is 1. The highest BCUT2D eigenvalue weighted by Crippen LogP contribution is 2.18. The largest absolute Gasteiger partial charge is 0.345 e. The molecule has 6 nitrogen and oxygen atoms in total. The molecule has 0 atom stereocenters. The van der Waals surface area contributed by atoms with Gasteiger partial charge in [-0.25, -0.2) is 4.52 Å². The number of nitrogens with zero attached hydrogens (tertiary/aromatic N) is 4. The first-order chi connectivity index (χ1) is 12.2. The van der Waals surface area contributed by atoms with Gasteiger partial charge in [-0.2, -0.15) is 10.2 Å². The van der Waals surface area contributed by atoms with Crippen molar-refractivity contribution in [2.24, 2.45) is 7.05 Å². The summed E-state index contributed by atoms with van der Waals surface area (Å²) in [6, 6.07) is 19.4. The molecule has 1 aromatic carbocycles. The molecule has 6 heteroatoms. The highest BCUT2D eigenvalue weighted by atomic mass is 16.2. The molecule has 4 aromatic rings. The number of aryl methyl sites for hydroxylation is 1. The normalized spacial score (nSPS) is 10.9. The van der Waals surface area contributed by atoms with Crippen LogP contribution < -0.4 is 5.32 Å². The Kier molecular flexibility index (Phi) is 3.78. The lowest BCUT2D eigenvalue weighted by Gasteiger charge is -2.02. The van der Waals surface area contributed by atoms with Gasteiger partial charge in [0.1, 0.15) is 5.69 Å². The predicted molar refractivity (Wildman–Crippen MR) is 95.0 cm³/mol. The van der Waals surface area contributed by atoms with Crippen LogP contribution in [0, 0.1) is 0 Å². The van der Waals surface area contributed by atoms with Gasteiger partial charge in [0.15, 0.2) is 0 Å². The number of nitrogens with one attached hydrogen (secondary N) is 1. The molecule has 1 N–H and O–H groups in total. The average Bonchev–Trinajstić information content (AvgIpc) is 3.23. The van der Waals surface area contributed by atoms with Gasteiger partial charge in [0.2, 0.25) is 0 Å². The van der Waals surface area contributed by atoms with Crippen LogP contribution in [0.1, 0.15) is 16.2 Å². The Morgan fingerprint density at radius 2 is 1.84 bits per heavy atom. The Balaban J connectivity index is 1.50. The maximum Gasteiger partial charge on any atom is 0.269 e. The van der Waals surface area contributed by atoms with Crippen molar-refractivity contribution < 1.29 is 4.79 Å². The minimum absolute atomic E-state index is 0.172. The van der Waals surface area contributed by atoms with E-state index in [-0.39, 0.29) is 5.91 Å². The first-order valence-corrected chi connectivity index (χ1v) is 8.02. The quantitative estimate of drug-likeness (QED) is 0.625. The van der Waals surface area contributed by atoms with E-state index in [1.54, 1.807) is 22.3 Å². The number of rotatable bonds is 4. The fourth-order valence-corrected chi connectivity index (χ4v) is 2.77. The molecule has 25 heavy (non-hydrogen) atoms. The molecule has 0 aliphatic heterocycles. The highest BCUT2D eigenvalue weighted by Gasteiger charge is 2.14. The van der Waals surface area contributed by atoms with Gasteiger partial charge in [-0.3, -0.25) is 9.48 Å². The van der Waals surface area contributed by atoms with Crippen LogP contribution in [-0.2, 0) is 13.6 Å². The van der Waals surface area contributed by atoms with E-state index >= 15 is 0 Å². The lowest BCUT2D eigenvalue weighted by molar-refractivity contribution is 0.0941. The number of carbonyl (C=O) groups excluding carboxylic acids is 1. The van der Waals surface area contributed by atoms with Gasteiger partial charge in [0.25, 0.3) is 5.91 Å². The zero-order valence-corrected chi connectivity index (χ0v) is 13.8. The molecular formula is C19H17N5O. The lowest BCUT2D eigenvalue weighted by atomic mass is 10.1. The van der Waals surface area contributed by atoms with Gasteiger partial charge in [-0.1, -0.05) is 36.4 Å². The fourth-order valence-electron chi connectivity index (χ4n) is 2.77. The highest BCUT2D eigenvalue weighted by molar-refractivity contribution is 5.93. The van der Waals surface area contributed by atoms with E-state index in [1.165, 1.54) is 0 Å². The SMILES string of the molecule is Cn1nc(-c2ccccc2)cc1C(=O)NCc1cc2ccccn2n1. The zero-order valence-electron chi connectivity index (χ0n) is 13.8. The molecule has 0 bridgehead atoms.